The van der Waals surface area contributed by atoms with Gasteiger partial charge in [-0.15, -0.1) is 0 Å². The van der Waals surface area contributed by atoms with E-state index in [1.165, 1.54) is 16.8 Å². The lowest BCUT2D eigenvalue weighted by Crippen LogP contribution is -2.02. The fourth-order valence-corrected chi connectivity index (χ4v) is 2.32. The average Bonchev–Trinajstić information content (AvgIpc) is 2.84. The number of nitrogen functional groups attached to an aromatic ring is 1. The Morgan fingerprint density at radius 3 is 2.57 bits per heavy atom. The standard InChI is InChI=1S/C15H10Cl2FN3/c16-10-3-1-2-9(6-10)14-8-15(19)21(20-14)11-4-5-12(17)13(18)7-11/h1-8H,19H2. The van der Waals surface area contributed by atoms with Crippen LogP contribution in [0.5, 0.6) is 0 Å². The molecule has 1 aromatic heterocycles. The van der Waals surface area contributed by atoms with E-state index in [4.69, 9.17) is 28.9 Å². The van der Waals surface area contributed by atoms with Gasteiger partial charge in [0.15, 0.2) is 0 Å². The van der Waals surface area contributed by atoms with Crippen molar-refractivity contribution < 1.29 is 4.39 Å². The topological polar surface area (TPSA) is 43.8 Å². The Labute approximate surface area is 130 Å². The molecule has 3 rings (SSSR count). The average molecular weight is 322 g/mol. The molecule has 3 aromatic rings. The number of benzene rings is 2. The summed E-state index contributed by atoms with van der Waals surface area (Å²) in [6, 6.07) is 13.4. The van der Waals surface area contributed by atoms with E-state index in [1.54, 1.807) is 24.3 Å². The van der Waals surface area contributed by atoms with E-state index < -0.39 is 5.82 Å². The Bertz CT molecular complexity index is 814. The van der Waals surface area contributed by atoms with E-state index in [0.717, 1.165) is 5.56 Å². The summed E-state index contributed by atoms with van der Waals surface area (Å²) < 4.78 is 15.0. The quantitative estimate of drug-likeness (QED) is 0.751. The first-order chi connectivity index (χ1) is 10.0. The lowest BCUT2D eigenvalue weighted by Gasteiger charge is -2.04. The van der Waals surface area contributed by atoms with Gasteiger partial charge in [0.2, 0.25) is 0 Å². The number of aromatic nitrogens is 2. The molecular formula is C15H10Cl2FN3. The van der Waals surface area contributed by atoms with Gasteiger partial charge in [-0.1, -0.05) is 35.3 Å². The van der Waals surface area contributed by atoms with Crippen molar-refractivity contribution in [1.29, 1.82) is 0 Å². The van der Waals surface area contributed by atoms with Gasteiger partial charge in [-0.05, 0) is 24.3 Å². The first-order valence-electron chi connectivity index (χ1n) is 6.11. The fraction of sp³-hybridized carbons (Fsp3) is 0. The minimum atomic E-state index is -0.520. The molecule has 0 unspecified atom stereocenters. The van der Waals surface area contributed by atoms with Crippen molar-refractivity contribution in [1.82, 2.24) is 9.78 Å². The van der Waals surface area contributed by atoms with Crippen LogP contribution >= 0.6 is 23.2 Å². The van der Waals surface area contributed by atoms with Gasteiger partial charge in [0.05, 0.1) is 16.4 Å². The Morgan fingerprint density at radius 2 is 1.86 bits per heavy atom. The van der Waals surface area contributed by atoms with E-state index in [2.05, 4.69) is 5.10 Å². The zero-order valence-electron chi connectivity index (χ0n) is 10.7. The largest absolute Gasteiger partial charge is 0.384 e. The highest BCUT2D eigenvalue weighted by atomic mass is 35.5. The third-order valence-electron chi connectivity index (χ3n) is 3.01. The van der Waals surface area contributed by atoms with Gasteiger partial charge in [0, 0.05) is 22.7 Å². The lowest BCUT2D eigenvalue weighted by molar-refractivity contribution is 0.626. The molecule has 2 N–H and O–H groups in total. The Morgan fingerprint density at radius 1 is 1.05 bits per heavy atom. The van der Waals surface area contributed by atoms with E-state index in [-0.39, 0.29) is 5.02 Å². The molecule has 106 valence electrons. The number of rotatable bonds is 2. The van der Waals surface area contributed by atoms with Crippen molar-refractivity contribution in [3.8, 4) is 16.9 Å². The Balaban J connectivity index is 2.07. The van der Waals surface area contributed by atoms with Gasteiger partial charge in [-0.3, -0.25) is 0 Å². The van der Waals surface area contributed by atoms with E-state index in [1.807, 2.05) is 12.1 Å². The summed E-state index contributed by atoms with van der Waals surface area (Å²) in [7, 11) is 0. The number of nitrogens with two attached hydrogens (primary N) is 1. The van der Waals surface area contributed by atoms with Crippen LogP contribution in [0.25, 0.3) is 16.9 Å². The smallest absolute Gasteiger partial charge is 0.143 e. The van der Waals surface area contributed by atoms with Gasteiger partial charge in [0.25, 0.3) is 0 Å². The van der Waals surface area contributed by atoms with Crippen LogP contribution < -0.4 is 5.73 Å². The highest BCUT2D eigenvalue weighted by Crippen LogP contribution is 2.26. The monoisotopic (exact) mass is 321 g/mol. The van der Waals surface area contributed by atoms with Crippen LogP contribution in [-0.2, 0) is 0 Å². The molecule has 0 radical (unpaired) electrons. The molecule has 0 atom stereocenters. The number of anilines is 1. The molecule has 0 aliphatic rings. The predicted octanol–water partition coefficient (Wildman–Crippen LogP) is 4.57. The van der Waals surface area contributed by atoms with Gasteiger partial charge >= 0.3 is 0 Å². The number of nitrogens with zero attached hydrogens (tertiary/aromatic N) is 2. The summed E-state index contributed by atoms with van der Waals surface area (Å²) >= 11 is 11.6. The van der Waals surface area contributed by atoms with E-state index in [0.29, 0.717) is 22.2 Å². The van der Waals surface area contributed by atoms with Crippen LogP contribution in [0, 0.1) is 5.82 Å². The first-order valence-corrected chi connectivity index (χ1v) is 6.87. The van der Waals surface area contributed by atoms with Crippen molar-refractivity contribution >= 4 is 29.0 Å². The SMILES string of the molecule is Nc1cc(-c2cccc(Cl)c2)nn1-c1ccc(Cl)c(F)c1. The molecule has 0 spiro atoms. The number of hydrogen-bond donors (Lipinski definition) is 1. The predicted molar refractivity (Wildman–Crippen MR) is 83.4 cm³/mol. The second-order valence-corrected chi connectivity index (χ2v) is 5.32. The van der Waals surface area contributed by atoms with Crippen molar-refractivity contribution in [2.24, 2.45) is 0 Å². The fourth-order valence-electron chi connectivity index (χ4n) is 2.01. The Kier molecular flexibility index (Phi) is 3.57. The van der Waals surface area contributed by atoms with Gasteiger partial charge < -0.3 is 5.73 Å². The zero-order chi connectivity index (χ0) is 15.0. The van der Waals surface area contributed by atoms with Crippen molar-refractivity contribution in [2.45, 2.75) is 0 Å². The maximum atomic E-state index is 13.5. The Hall–Kier alpha value is -2.04. The van der Waals surface area contributed by atoms with Gasteiger partial charge in [-0.25, -0.2) is 9.07 Å². The molecule has 0 saturated heterocycles. The van der Waals surface area contributed by atoms with Crippen molar-refractivity contribution in [3.05, 3.63) is 64.4 Å². The molecule has 21 heavy (non-hydrogen) atoms. The van der Waals surface area contributed by atoms with E-state index in [9.17, 15) is 4.39 Å². The molecule has 0 aliphatic carbocycles. The second kappa shape index (κ2) is 5.39. The summed E-state index contributed by atoms with van der Waals surface area (Å²) in [6.45, 7) is 0. The van der Waals surface area contributed by atoms with Crippen LogP contribution in [-0.4, -0.2) is 9.78 Å². The van der Waals surface area contributed by atoms with Crippen molar-refractivity contribution in [3.63, 3.8) is 0 Å². The molecule has 0 bridgehead atoms. The maximum absolute atomic E-state index is 13.5. The molecule has 0 saturated carbocycles. The highest BCUT2D eigenvalue weighted by molar-refractivity contribution is 6.31. The summed E-state index contributed by atoms with van der Waals surface area (Å²) in [4.78, 5) is 0. The highest BCUT2D eigenvalue weighted by Gasteiger charge is 2.11. The first kappa shape index (κ1) is 13.9. The summed E-state index contributed by atoms with van der Waals surface area (Å²) in [5, 5.41) is 5.05. The molecular weight excluding hydrogens is 312 g/mol. The second-order valence-electron chi connectivity index (χ2n) is 4.48. The molecule has 0 amide bonds. The number of hydrogen-bond acceptors (Lipinski definition) is 2. The van der Waals surface area contributed by atoms with Crippen LogP contribution in [0.4, 0.5) is 10.2 Å². The summed E-state index contributed by atoms with van der Waals surface area (Å²) in [6.07, 6.45) is 0. The molecule has 6 heteroatoms. The molecule has 3 nitrogen and oxygen atoms in total. The summed E-state index contributed by atoms with van der Waals surface area (Å²) in [5.41, 5.74) is 7.94. The van der Waals surface area contributed by atoms with Crippen LogP contribution in [0.1, 0.15) is 0 Å². The zero-order valence-corrected chi connectivity index (χ0v) is 12.2. The normalized spacial score (nSPS) is 10.8. The van der Waals surface area contributed by atoms with Gasteiger partial charge in [-0.2, -0.15) is 5.10 Å². The molecule has 0 fully saturated rings. The van der Waals surface area contributed by atoms with Crippen molar-refractivity contribution in [2.75, 3.05) is 5.73 Å². The minimum Gasteiger partial charge on any atom is -0.384 e. The third-order valence-corrected chi connectivity index (χ3v) is 3.55. The third kappa shape index (κ3) is 2.73. The van der Waals surface area contributed by atoms with Crippen LogP contribution in [0.15, 0.2) is 48.5 Å². The number of halogens is 3. The van der Waals surface area contributed by atoms with Crippen LogP contribution in [0.3, 0.4) is 0 Å². The molecule has 2 aromatic carbocycles. The maximum Gasteiger partial charge on any atom is 0.143 e. The molecule has 0 aliphatic heterocycles. The minimum absolute atomic E-state index is 0.0551. The summed E-state index contributed by atoms with van der Waals surface area (Å²) in [5.74, 6) is -0.125. The van der Waals surface area contributed by atoms with Gasteiger partial charge in [0.1, 0.15) is 11.6 Å². The van der Waals surface area contributed by atoms with Crippen LogP contribution in [0.2, 0.25) is 10.0 Å². The molecule has 1 heterocycles. The lowest BCUT2D eigenvalue weighted by atomic mass is 10.1. The van der Waals surface area contributed by atoms with E-state index >= 15 is 0 Å².